The molecule has 5 nitrogen and oxygen atoms in total. The van der Waals surface area contributed by atoms with E-state index >= 15 is 0 Å². The highest BCUT2D eigenvalue weighted by molar-refractivity contribution is 5.81. The van der Waals surface area contributed by atoms with E-state index in [0.29, 0.717) is 32.6 Å². The summed E-state index contributed by atoms with van der Waals surface area (Å²) in [5.74, 6) is 0.612. The molecule has 24 heavy (non-hydrogen) atoms. The van der Waals surface area contributed by atoms with Gasteiger partial charge in [-0.25, -0.2) is 0 Å². The van der Waals surface area contributed by atoms with Crippen molar-refractivity contribution in [2.75, 3.05) is 39.3 Å². The number of piperidine rings is 1. The zero-order valence-electron chi connectivity index (χ0n) is 14.5. The van der Waals surface area contributed by atoms with Crippen molar-refractivity contribution < 1.29 is 9.59 Å². The first-order valence-corrected chi connectivity index (χ1v) is 8.97. The van der Waals surface area contributed by atoms with Crippen molar-refractivity contribution in [2.24, 2.45) is 5.92 Å². The number of aryl methyl sites for hydroxylation is 1. The summed E-state index contributed by atoms with van der Waals surface area (Å²) >= 11 is 0. The molecule has 0 spiro atoms. The van der Waals surface area contributed by atoms with E-state index in [-0.39, 0.29) is 17.7 Å². The Kier molecular flexibility index (Phi) is 5.51. The number of carbonyl (C=O) groups is 2. The van der Waals surface area contributed by atoms with Crippen molar-refractivity contribution in [1.29, 1.82) is 0 Å². The highest BCUT2D eigenvalue weighted by Crippen LogP contribution is 2.17. The summed E-state index contributed by atoms with van der Waals surface area (Å²) < 4.78 is 0. The van der Waals surface area contributed by atoms with Crippen molar-refractivity contribution in [3.8, 4) is 0 Å². The quantitative estimate of drug-likeness (QED) is 0.907. The Morgan fingerprint density at radius 3 is 2.33 bits per heavy atom. The molecule has 1 aromatic rings. The molecule has 5 heteroatoms. The second-order valence-corrected chi connectivity index (χ2v) is 6.83. The first-order chi connectivity index (χ1) is 11.6. The molecule has 2 fully saturated rings. The van der Waals surface area contributed by atoms with E-state index < -0.39 is 0 Å². The highest BCUT2D eigenvalue weighted by Gasteiger charge is 2.29. The summed E-state index contributed by atoms with van der Waals surface area (Å²) in [6.07, 6.45) is 2.32. The number of rotatable bonds is 3. The van der Waals surface area contributed by atoms with Crippen molar-refractivity contribution in [2.45, 2.75) is 26.2 Å². The molecule has 2 aliphatic heterocycles. The zero-order chi connectivity index (χ0) is 16.9. The summed E-state index contributed by atoms with van der Waals surface area (Å²) in [6, 6.07) is 8.03. The van der Waals surface area contributed by atoms with E-state index in [1.807, 2.05) is 41.0 Å². The first kappa shape index (κ1) is 17.0. The van der Waals surface area contributed by atoms with Crippen molar-refractivity contribution in [3.63, 3.8) is 0 Å². The summed E-state index contributed by atoms with van der Waals surface area (Å²) in [5, 5.41) is 3.30. The number of carbonyl (C=O) groups excluding carboxylic acids is 2. The molecule has 1 aromatic carbocycles. The van der Waals surface area contributed by atoms with Gasteiger partial charge in [-0.2, -0.15) is 0 Å². The lowest BCUT2D eigenvalue weighted by Gasteiger charge is -2.37. The second kappa shape index (κ2) is 7.79. The smallest absolute Gasteiger partial charge is 0.227 e. The number of nitrogens with one attached hydrogen (secondary N) is 1. The molecular weight excluding hydrogens is 302 g/mol. The van der Waals surface area contributed by atoms with Crippen LogP contribution in [-0.4, -0.2) is 60.9 Å². The molecule has 2 heterocycles. The Hall–Kier alpha value is -1.88. The lowest BCUT2D eigenvalue weighted by Crippen LogP contribution is -2.53. The molecule has 2 saturated heterocycles. The molecule has 0 unspecified atom stereocenters. The van der Waals surface area contributed by atoms with Gasteiger partial charge >= 0.3 is 0 Å². The first-order valence-electron chi connectivity index (χ1n) is 8.97. The lowest BCUT2D eigenvalue weighted by atomic mass is 9.96. The van der Waals surface area contributed by atoms with Crippen LogP contribution in [0.15, 0.2) is 24.3 Å². The van der Waals surface area contributed by atoms with Gasteiger partial charge in [0.15, 0.2) is 0 Å². The van der Waals surface area contributed by atoms with Crippen LogP contribution in [0, 0.1) is 12.8 Å². The van der Waals surface area contributed by atoms with Gasteiger partial charge in [0.05, 0.1) is 6.42 Å². The minimum Gasteiger partial charge on any atom is -0.339 e. The van der Waals surface area contributed by atoms with Crippen LogP contribution in [0.4, 0.5) is 0 Å². The van der Waals surface area contributed by atoms with E-state index in [2.05, 4.69) is 5.32 Å². The van der Waals surface area contributed by atoms with Crippen LogP contribution in [0.2, 0.25) is 0 Å². The van der Waals surface area contributed by atoms with E-state index in [9.17, 15) is 9.59 Å². The molecule has 0 aliphatic carbocycles. The average molecular weight is 329 g/mol. The molecule has 0 saturated carbocycles. The van der Waals surface area contributed by atoms with E-state index in [4.69, 9.17) is 0 Å². The van der Waals surface area contributed by atoms with Gasteiger partial charge in [0.25, 0.3) is 0 Å². The Balaban J connectivity index is 1.50. The Labute approximate surface area is 144 Å². The molecule has 2 aliphatic rings. The Morgan fingerprint density at radius 2 is 1.67 bits per heavy atom. The lowest BCUT2D eigenvalue weighted by molar-refractivity contribution is -0.142. The van der Waals surface area contributed by atoms with Gasteiger partial charge in [0.1, 0.15) is 0 Å². The third-order valence-electron chi connectivity index (χ3n) is 5.24. The maximum absolute atomic E-state index is 12.6. The van der Waals surface area contributed by atoms with Crippen LogP contribution in [0.25, 0.3) is 0 Å². The number of hydrogen-bond acceptors (Lipinski definition) is 3. The van der Waals surface area contributed by atoms with Gasteiger partial charge in [0.2, 0.25) is 11.8 Å². The number of amides is 2. The van der Waals surface area contributed by atoms with Crippen molar-refractivity contribution in [1.82, 2.24) is 15.1 Å². The van der Waals surface area contributed by atoms with Crippen LogP contribution >= 0.6 is 0 Å². The Morgan fingerprint density at radius 1 is 1.04 bits per heavy atom. The molecule has 2 amide bonds. The summed E-state index contributed by atoms with van der Waals surface area (Å²) in [4.78, 5) is 28.9. The van der Waals surface area contributed by atoms with Crippen LogP contribution in [0.5, 0.6) is 0 Å². The van der Waals surface area contributed by atoms with E-state index in [0.717, 1.165) is 37.1 Å². The molecule has 1 N–H and O–H groups in total. The van der Waals surface area contributed by atoms with Crippen LogP contribution < -0.4 is 5.32 Å². The highest BCUT2D eigenvalue weighted by atomic mass is 16.2. The van der Waals surface area contributed by atoms with Crippen molar-refractivity contribution in [3.05, 3.63) is 35.4 Å². The molecule has 130 valence electrons. The predicted octanol–water partition coefficient (Wildman–Crippen LogP) is 1.21. The number of nitrogens with zero attached hydrogens (tertiary/aromatic N) is 2. The largest absolute Gasteiger partial charge is 0.339 e. The third kappa shape index (κ3) is 3.96. The normalized spacial score (nSPS) is 19.4. The average Bonchev–Trinajstić information content (AvgIpc) is 2.64. The third-order valence-corrected chi connectivity index (χ3v) is 5.24. The Bertz CT molecular complexity index is 588. The minimum absolute atomic E-state index is 0.165. The SMILES string of the molecule is Cc1ccccc1CC(=O)N1CCN(C(=O)C2CCNCC2)CC1. The van der Waals surface area contributed by atoms with Gasteiger partial charge in [-0.15, -0.1) is 0 Å². The number of benzene rings is 1. The minimum atomic E-state index is 0.165. The monoisotopic (exact) mass is 329 g/mol. The molecule has 0 aromatic heterocycles. The maximum atomic E-state index is 12.6. The maximum Gasteiger partial charge on any atom is 0.227 e. The van der Waals surface area contributed by atoms with Crippen molar-refractivity contribution >= 4 is 11.8 Å². The molecule has 3 rings (SSSR count). The molecule has 0 radical (unpaired) electrons. The second-order valence-electron chi connectivity index (χ2n) is 6.83. The van der Waals surface area contributed by atoms with E-state index in [1.165, 1.54) is 0 Å². The summed E-state index contributed by atoms with van der Waals surface area (Å²) in [6.45, 7) is 6.56. The molecular formula is C19H27N3O2. The fourth-order valence-corrected chi connectivity index (χ4v) is 3.59. The van der Waals surface area contributed by atoms with Gasteiger partial charge < -0.3 is 15.1 Å². The number of piperazine rings is 1. The summed E-state index contributed by atoms with van der Waals surface area (Å²) in [5.41, 5.74) is 2.25. The van der Waals surface area contributed by atoms with Crippen LogP contribution in [-0.2, 0) is 16.0 Å². The number of hydrogen-bond donors (Lipinski definition) is 1. The topological polar surface area (TPSA) is 52.7 Å². The van der Waals surface area contributed by atoms with E-state index in [1.54, 1.807) is 0 Å². The molecule has 0 bridgehead atoms. The predicted molar refractivity (Wildman–Crippen MR) is 93.6 cm³/mol. The molecule has 0 atom stereocenters. The van der Waals surface area contributed by atoms with Gasteiger partial charge in [-0.1, -0.05) is 24.3 Å². The zero-order valence-corrected chi connectivity index (χ0v) is 14.5. The van der Waals surface area contributed by atoms with Crippen LogP contribution in [0.3, 0.4) is 0 Å². The van der Waals surface area contributed by atoms with Gasteiger partial charge in [-0.3, -0.25) is 9.59 Å². The standard InChI is InChI=1S/C19H27N3O2/c1-15-4-2-3-5-17(15)14-18(23)21-10-12-22(13-11-21)19(24)16-6-8-20-9-7-16/h2-5,16,20H,6-14H2,1H3. The fraction of sp³-hybridized carbons (Fsp3) is 0.579. The van der Waals surface area contributed by atoms with Crippen LogP contribution in [0.1, 0.15) is 24.0 Å². The summed E-state index contributed by atoms with van der Waals surface area (Å²) in [7, 11) is 0. The fourth-order valence-electron chi connectivity index (χ4n) is 3.59. The van der Waals surface area contributed by atoms with Gasteiger partial charge in [0, 0.05) is 32.1 Å². The van der Waals surface area contributed by atoms with Gasteiger partial charge in [-0.05, 0) is 44.0 Å².